The molecule has 0 atom stereocenters. The Morgan fingerprint density at radius 2 is 2.06 bits per heavy atom. The summed E-state index contributed by atoms with van der Waals surface area (Å²) >= 11 is 0. The summed E-state index contributed by atoms with van der Waals surface area (Å²) in [5.74, 6) is 1.66. The van der Waals surface area contributed by atoms with E-state index in [9.17, 15) is 4.79 Å². The average Bonchev–Trinajstić information content (AvgIpc) is 2.75. The van der Waals surface area contributed by atoms with E-state index in [1.165, 1.54) is 7.11 Å². The van der Waals surface area contributed by atoms with Crippen LogP contribution in [0.25, 0.3) is 0 Å². The molecule has 4 nitrogen and oxygen atoms in total. The van der Waals surface area contributed by atoms with Crippen molar-refractivity contribution in [2.75, 3.05) is 13.7 Å². The Hall–Kier alpha value is -1.29. The van der Waals surface area contributed by atoms with Gasteiger partial charge in [0.15, 0.2) is 0 Å². The van der Waals surface area contributed by atoms with E-state index in [2.05, 4.69) is 12.2 Å². The normalized spacial score (nSPS) is 11.5. The Balaban J connectivity index is 2.39. The van der Waals surface area contributed by atoms with E-state index < -0.39 is 5.41 Å². The lowest BCUT2D eigenvalue weighted by molar-refractivity contribution is -0.150. The Labute approximate surface area is 102 Å². The van der Waals surface area contributed by atoms with Crippen LogP contribution in [0.3, 0.4) is 0 Å². The predicted octanol–water partition coefficient (Wildman–Crippen LogP) is 2.13. The van der Waals surface area contributed by atoms with Gasteiger partial charge in [0.05, 0.1) is 19.1 Å². The van der Waals surface area contributed by atoms with Gasteiger partial charge in [0.1, 0.15) is 11.5 Å². The quantitative estimate of drug-likeness (QED) is 0.773. The van der Waals surface area contributed by atoms with Gasteiger partial charge in [0.25, 0.3) is 0 Å². The third-order valence-corrected chi connectivity index (χ3v) is 2.67. The molecule has 0 aromatic carbocycles. The van der Waals surface area contributed by atoms with Gasteiger partial charge in [0.2, 0.25) is 0 Å². The topological polar surface area (TPSA) is 51.5 Å². The fraction of sp³-hybridized carbons (Fsp3) is 0.615. The maximum Gasteiger partial charge on any atom is 0.312 e. The van der Waals surface area contributed by atoms with Gasteiger partial charge in [-0.1, -0.05) is 6.92 Å². The molecular formula is C13H21NO3. The summed E-state index contributed by atoms with van der Waals surface area (Å²) in [6.07, 6.45) is 0.896. The zero-order chi connectivity index (χ0) is 12.9. The number of nitrogens with one attached hydrogen (secondary N) is 1. The van der Waals surface area contributed by atoms with Crippen molar-refractivity contribution in [3.05, 3.63) is 23.7 Å². The van der Waals surface area contributed by atoms with Crippen LogP contribution in [0.5, 0.6) is 0 Å². The second-order valence-corrected chi connectivity index (χ2v) is 4.70. The van der Waals surface area contributed by atoms with Crippen LogP contribution in [0.15, 0.2) is 16.5 Å². The maximum atomic E-state index is 11.4. The molecule has 1 rings (SSSR count). The minimum Gasteiger partial charge on any atom is -0.469 e. The molecule has 1 aromatic heterocycles. The maximum absolute atomic E-state index is 11.4. The molecule has 0 saturated carbocycles. The lowest BCUT2D eigenvalue weighted by Gasteiger charge is -2.21. The molecule has 0 radical (unpaired) electrons. The molecule has 0 fully saturated rings. The van der Waals surface area contributed by atoms with Crippen LogP contribution < -0.4 is 5.32 Å². The molecule has 1 N–H and O–H groups in total. The molecule has 0 spiro atoms. The average molecular weight is 239 g/mol. The number of aryl methyl sites for hydroxylation is 1. The number of furan rings is 1. The van der Waals surface area contributed by atoms with E-state index in [0.29, 0.717) is 13.1 Å². The molecule has 0 bridgehead atoms. The van der Waals surface area contributed by atoms with E-state index in [1.807, 2.05) is 26.0 Å². The molecule has 1 heterocycles. The van der Waals surface area contributed by atoms with Crippen LogP contribution in [0, 0.1) is 5.41 Å². The van der Waals surface area contributed by atoms with Crippen molar-refractivity contribution in [2.24, 2.45) is 5.41 Å². The van der Waals surface area contributed by atoms with Crippen LogP contribution in [0.2, 0.25) is 0 Å². The van der Waals surface area contributed by atoms with Crippen LogP contribution >= 0.6 is 0 Å². The van der Waals surface area contributed by atoms with Crippen molar-refractivity contribution >= 4 is 5.97 Å². The van der Waals surface area contributed by atoms with Crippen molar-refractivity contribution in [1.29, 1.82) is 0 Å². The summed E-state index contributed by atoms with van der Waals surface area (Å²) < 4.78 is 10.3. The molecule has 0 amide bonds. The van der Waals surface area contributed by atoms with Crippen LogP contribution in [0.1, 0.15) is 32.3 Å². The van der Waals surface area contributed by atoms with Gasteiger partial charge in [-0.25, -0.2) is 0 Å². The molecule has 96 valence electrons. The molecule has 0 unspecified atom stereocenters. The first-order chi connectivity index (χ1) is 7.99. The van der Waals surface area contributed by atoms with Gasteiger partial charge in [-0.2, -0.15) is 0 Å². The molecular weight excluding hydrogens is 218 g/mol. The highest BCUT2D eigenvalue weighted by atomic mass is 16.5. The molecule has 1 aromatic rings. The standard InChI is InChI=1S/C13H21NO3/c1-5-10-6-7-11(17-10)8-14-9-13(2,3)12(15)16-4/h6-7,14H,5,8-9H2,1-4H3. The van der Waals surface area contributed by atoms with Crippen LogP contribution in [-0.4, -0.2) is 19.6 Å². The number of carbonyl (C=O) groups is 1. The fourth-order valence-corrected chi connectivity index (χ4v) is 1.55. The van der Waals surface area contributed by atoms with Crippen molar-refractivity contribution in [3.8, 4) is 0 Å². The second-order valence-electron chi connectivity index (χ2n) is 4.70. The number of ether oxygens (including phenoxy) is 1. The lowest BCUT2D eigenvalue weighted by Crippen LogP contribution is -2.36. The number of hydrogen-bond acceptors (Lipinski definition) is 4. The van der Waals surface area contributed by atoms with Crippen molar-refractivity contribution in [2.45, 2.75) is 33.7 Å². The van der Waals surface area contributed by atoms with E-state index in [4.69, 9.17) is 9.15 Å². The minimum atomic E-state index is -0.519. The largest absolute Gasteiger partial charge is 0.469 e. The second kappa shape index (κ2) is 5.87. The summed E-state index contributed by atoms with van der Waals surface area (Å²) in [7, 11) is 1.41. The van der Waals surface area contributed by atoms with E-state index in [0.717, 1.165) is 17.9 Å². The first kappa shape index (κ1) is 13.8. The summed E-state index contributed by atoms with van der Waals surface area (Å²) in [6, 6.07) is 3.93. The third-order valence-electron chi connectivity index (χ3n) is 2.67. The summed E-state index contributed by atoms with van der Waals surface area (Å²) in [5, 5.41) is 3.20. The van der Waals surface area contributed by atoms with Gasteiger partial charge in [-0.3, -0.25) is 4.79 Å². The number of esters is 1. The first-order valence-corrected chi connectivity index (χ1v) is 5.86. The molecule has 0 aliphatic carbocycles. The predicted molar refractivity (Wildman–Crippen MR) is 65.6 cm³/mol. The smallest absolute Gasteiger partial charge is 0.312 e. The van der Waals surface area contributed by atoms with Gasteiger partial charge in [-0.15, -0.1) is 0 Å². The fourth-order valence-electron chi connectivity index (χ4n) is 1.55. The number of hydrogen-bond donors (Lipinski definition) is 1. The van der Waals surface area contributed by atoms with Gasteiger partial charge < -0.3 is 14.5 Å². The highest BCUT2D eigenvalue weighted by Crippen LogP contribution is 2.16. The minimum absolute atomic E-state index is 0.210. The van der Waals surface area contributed by atoms with Crippen molar-refractivity contribution in [3.63, 3.8) is 0 Å². The highest BCUT2D eigenvalue weighted by molar-refractivity contribution is 5.76. The molecule has 4 heteroatoms. The van der Waals surface area contributed by atoms with Crippen LogP contribution in [0.4, 0.5) is 0 Å². The van der Waals surface area contributed by atoms with Gasteiger partial charge in [0, 0.05) is 13.0 Å². The zero-order valence-corrected chi connectivity index (χ0v) is 11.0. The lowest BCUT2D eigenvalue weighted by atomic mass is 9.94. The van der Waals surface area contributed by atoms with Gasteiger partial charge >= 0.3 is 5.97 Å². The Bertz CT molecular complexity index is 368. The van der Waals surface area contributed by atoms with E-state index >= 15 is 0 Å². The summed E-state index contributed by atoms with van der Waals surface area (Å²) in [5.41, 5.74) is -0.519. The molecule has 0 saturated heterocycles. The highest BCUT2D eigenvalue weighted by Gasteiger charge is 2.28. The summed E-state index contributed by atoms with van der Waals surface area (Å²) in [4.78, 5) is 11.4. The Morgan fingerprint density at radius 3 is 2.59 bits per heavy atom. The van der Waals surface area contributed by atoms with E-state index in [-0.39, 0.29) is 5.97 Å². The Morgan fingerprint density at radius 1 is 1.41 bits per heavy atom. The van der Waals surface area contributed by atoms with Crippen molar-refractivity contribution in [1.82, 2.24) is 5.32 Å². The first-order valence-electron chi connectivity index (χ1n) is 5.86. The van der Waals surface area contributed by atoms with Crippen LogP contribution in [-0.2, 0) is 22.5 Å². The van der Waals surface area contributed by atoms with Gasteiger partial charge in [-0.05, 0) is 26.0 Å². The SMILES string of the molecule is CCc1ccc(CNCC(C)(C)C(=O)OC)o1. The third kappa shape index (κ3) is 3.89. The Kier molecular flexibility index (Phi) is 4.75. The number of methoxy groups -OCH3 is 1. The van der Waals surface area contributed by atoms with Crippen molar-refractivity contribution < 1.29 is 13.9 Å². The molecule has 17 heavy (non-hydrogen) atoms. The zero-order valence-electron chi connectivity index (χ0n) is 11.0. The number of carbonyl (C=O) groups excluding carboxylic acids is 1. The monoisotopic (exact) mass is 239 g/mol. The molecule has 0 aliphatic heterocycles. The summed E-state index contributed by atoms with van der Waals surface area (Å²) in [6.45, 7) is 6.94. The van der Waals surface area contributed by atoms with E-state index in [1.54, 1.807) is 0 Å². The number of rotatable bonds is 6. The molecule has 0 aliphatic rings.